The van der Waals surface area contributed by atoms with E-state index in [1.165, 1.54) is 0 Å². The van der Waals surface area contributed by atoms with Crippen molar-refractivity contribution >= 4 is 35.0 Å². The van der Waals surface area contributed by atoms with Crippen molar-refractivity contribution in [2.24, 2.45) is 0 Å². The number of urea groups is 1. The molecule has 0 aliphatic carbocycles. The average molecular weight is 382 g/mol. The van der Waals surface area contributed by atoms with E-state index in [1.54, 1.807) is 0 Å². The number of benzene rings is 2. The maximum absolute atomic E-state index is 13.1. The van der Waals surface area contributed by atoms with Crippen molar-refractivity contribution in [2.45, 2.75) is 32.7 Å². The molecule has 140 valence electrons. The fourth-order valence-corrected chi connectivity index (χ4v) is 3.38. The summed E-state index contributed by atoms with van der Waals surface area (Å²) in [6.07, 6.45) is 0.428. The van der Waals surface area contributed by atoms with Crippen molar-refractivity contribution < 1.29 is 9.59 Å². The summed E-state index contributed by atoms with van der Waals surface area (Å²) in [6, 6.07) is 14.5. The van der Waals surface area contributed by atoms with Crippen LogP contribution in [0.3, 0.4) is 0 Å². The molecule has 2 aromatic carbocycles. The molecule has 0 bridgehead atoms. The fraction of sp³-hybridized carbons (Fsp3) is 0.250. The zero-order valence-electron chi connectivity index (χ0n) is 15.5. The number of nitrogens with zero attached hydrogens (tertiary/aromatic N) is 1. The Morgan fingerprint density at radius 1 is 1.11 bits per heavy atom. The first-order chi connectivity index (χ1) is 12.9. The predicted octanol–water partition coefficient (Wildman–Crippen LogP) is 3.36. The van der Waals surface area contributed by atoms with E-state index in [1.807, 2.05) is 69.3 Å². The van der Waals surface area contributed by atoms with Crippen molar-refractivity contribution in [3.05, 3.63) is 65.2 Å². The Morgan fingerprint density at radius 3 is 2.48 bits per heavy atom. The van der Waals surface area contributed by atoms with Crippen LogP contribution in [0.5, 0.6) is 0 Å². The Balaban J connectivity index is 1.79. The molecular formula is C20H22N4O2S. The highest BCUT2D eigenvalue weighted by Crippen LogP contribution is 2.31. The molecule has 1 aliphatic rings. The van der Waals surface area contributed by atoms with E-state index in [-0.39, 0.29) is 11.0 Å². The molecule has 1 atom stereocenters. The maximum atomic E-state index is 13.1. The summed E-state index contributed by atoms with van der Waals surface area (Å²) in [7, 11) is 0. The van der Waals surface area contributed by atoms with Gasteiger partial charge in [0.05, 0.1) is 0 Å². The first-order valence-corrected chi connectivity index (χ1v) is 9.16. The molecule has 2 aromatic rings. The number of hydrogen-bond donors (Lipinski definition) is 3. The van der Waals surface area contributed by atoms with Crippen molar-refractivity contribution in [2.75, 3.05) is 5.32 Å². The number of hydrogen-bond acceptors (Lipinski definition) is 3. The van der Waals surface area contributed by atoms with Crippen LogP contribution in [0.4, 0.5) is 10.5 Å². The lowest BCUT2D eigenvalue weighted by atomic mass is 9.87. The molecule has 3 N–H and O–H groups in total. The molecule has 0 aromatic heterocycles. The van der Waals surface area contributed by atoms with E-state index in [9.17, 15) is 9.59 Å². The van der Waals surface area contributed by atoms with Gasteiger partial charge in [0.2, 0.25) is 0 Å². The van der Waals surface area contributed by atoms with Crippen LogP contribution >= 0.6 is 12.2 Å². The van der Waals surface area contributed by atoms with E-state index in [4.69, 9.17) is 12.2 Å². The number of rotatable bonds is 4. The van der Waals surface area contributed by atoms with Gasteiger partial charge in [0.15, 0.2) is 5.11 Å². The Hall–Kier alpha value is -2.93. The molecule has 1 fully saturated rings. The summed E-state index contributed by atoms with van der Waals surface area (Å²) in [6.45, 7) is 5.84. The number of carbonyl (C=O) groups is 2. The van der Waals surface area contributed by atoms with Gasteiger partial charge in [-0.3, -0.25) is 10.2 Å². The molecule has 7 heteroatoms. The number of anilines is 1. The normalized spacial score (nSPS) is 19.0. The third kappa shape index (κ3) is 3.38. The molecule has 1 saturated heterocycles. The Morgan fingerprint density at radius 2 is 1.81 bits per heavy atom. The molecule has 6 nitrogen and oxygen atoms in total. The lowest BCUT2D eigenvalue weighted by Crippen LogP contribution is -2.49. The van der Waals surface area contributed by atoms with Crippen LogP contribution in [-0.4, -0.2) is 22.1 Å². The van der Waals surface area contributed by atoms with Gasteiger partial charge in [-0.05, 0) is 55.2 Å². The first-order valence-electron chi connectivity index (χ1n) is 8.75. The monoisotopic (exact) mass is 382 g/mol. The van der Waals surface area contributed by atoms with Gasteiger partial charge in [-0.1, -0.05) is 49.4 Å². The van der Waals surface area contributed by atoms with Gasteiger partial charge in [-0.2, -0.15) is 5.01 Å². The zero-order chi connectivity index (χ0) is 19.6. The van der Waals surface area contributed by atoms with E-state index in [0.29, 0.717) is 6.42 Å². The topological polar surface area (TPSA) is 73.5 Å². The Bertz CT molecular complexity index is 900. The van der Waals surface area contributed by atoms with E-state index in [0.717, 1.165) is 27.4 Å². The molecule has 1 aliphatic heterocycles. The summed E-state index contributed by atoms with van der Waals surface area (Å²) < 4.78 is 0. The summed E-state index contributed by atoms with van der Waals surface area (Å²) in [5, 5.41) is 6.98. The van der Waals surface area contributed by atoms with Crippen LogP contribution in [0.25, 0.3) is 0 Å². The number of imide groups is 1. The first kappa shape index (κ1) is 18.8. The molecule has 3 rings (SSSR count). The summed E-state index contributed by atoms with van der Waals surface area (Å²) in [5.41, 5.74) is 5.36. The largest absolute Gasteiger partial charge is 0.344 e. The van der Waals surface area contributed by atoms with Crippen LogP contribution in [0.15, 0.2) is 48.5 Å². The van der Waals surface area contributed by atoms with Crippen molar-refractivity contribution in [3.63, 3.8) is 0 Å². The molecule has 0 saturated carbocycles. The number of amides is 3. The molecule has 0 radical (unpaired) electrons. The molecule has 0 spiro atoms. The van der Waals surface area contributed by atoms with Crippen molar-refractivity contribution in [3.8, 4) is 0 Å². The summed E-state index contributed by atoms with van der Waals surface area (Å²) >= 11 is 5.31. The van der Waals surface area contributed by atoms with E-state index >= 15 is 0 Å². The summed E-state index contributed by atoms with van der Waals surface area (Å²) in [5.74, 6) is -0.383. The van der Waals surface area contributed by atoms with Crippen LogP contribution < -0.4 is 16.1 Å². The Labute approximate surface area is 163 Å². The third-order valence-corrected chi connectivity index (χ3v) is 5.15. The van der Waals surface area contributed by atoms with Gasteiger partial charge < -0.3 is 10.6 Å². The van der Waals surface area contributed by atoms with Gasteiger partial charge in [0.1, 0.15) is 5.54 Å². The maximum Gasteiger partial charge on any atom is 0.344 e. The summed E-state index contributed by atoms with van der Waals surface area (Å²) in [4.78, 5) is 25.6. The van der Waals surface area contributed by atoms with E-state index < -0.39 is 11.6 Å². The predicted molar refractivity (Wildman–Crippen MR) is 109 cm³/mol. The van der Waals surface area contributed by atoms with E-state index in [2.05, 4.69) is 16.1 Å². The lowest BCUT2D eigenvalue weighted by Gasteiger charge is -2.26. The zero-order valence-corrected chi connectivity index (χ0v) is 16.3. The highest BCUT2D eigenvalue weighted by atomic mass is 32.1. The minimum absolute atomic E-state index is 0.173. The second-order valence-corrected chi connectivity index (χ2v) is 6.92. The molecule has 1 heterocycles. The molecule has 27 heavy (non-hydrogen) atoms. The second-order valence-electron chi connectivity index (χ2n) is 6.51. The van der Waals surface area contributed by atoms with Gasteiger partial charge in [0, 0.05) is 5.69 Å². The number of aryl methyl sites for hydroxylation is 1. The highest BCUT2D eigenvalue weighted by Gasteiger charge is 2.51. The SMILES string of the molecule is CC[C@]1(c2ccccc2)NC(=O)N(NC(=S)Nc2cccc(C)c2C)C1=O. The highest BCUT2D eigenvalue weighted by molar-refractivity contribution is 7.80. The van der Waals surface area contributed by atoms with Crippen LogP contribution in [-0.2, 0) is 10.3 Å². The van der Waals surface area contributed by atoms with Crippen LogP contribution in [0, 0.1) is 13.8 Å². The quantitative estimate of drug-likeness (QED) is 0.559. The number of nitrogens with one attached hydrogen (secondary N) is 3. The van der Waals surface area contributed by atoms with Gasteiger partial charge >= 0.3 is 6.03 Å². The number of carbonyl (C=O) groups excluding carboxylic acids is 2. The lowest BCUT2D eigenvalue weighted by molar-refractivity contribution is -0.133. The molecular weight excluding hydrogens is 360 g/mol. The van der Waals surface area contributed by atoms with Crippen LogP contribution in [0.2, 0.25) is 0 Å². The van der Waals surface area contributed by atoms with Crippen LogP contribution in [0.1, 0.15) is 30.0 Å². The van der Waals surface area contributed by atoms with Gasteiger partial charge in [-0.15, -0.1) is 0 Å². The smallest absolute Gasteiger partial charge is 0.331 e. The number of thiocarbonyl (C=S) groups is 1. The standard InChI is InChI=1S/C20H22N4O2S/c1-4-20(15-10-6-5-7-11-15)17(25)24(19(26)22-20)23-18(27)21-16-12-8-9-13(2)14(16)3/h5-12H,4H2,1-3H3,(H,22,26)(H2,21,23,27)/t20-/m1/s1. The molecule has 3 amide bonds. The molecule has 0 unspecified atom stereocenters. The van der Waals surface area contributed by atoms with Gasteiger partial charge in [0.25, 0.3) is 5.91 Å². The minimum Gasteiger partial charge on any atom is -0.331 e. The van der Waals surface area contributed by atoms with Gasteiger partial charge in [-0.25, -0.2) is 4.79 Å². The van der Waals surface area contributed by atoms with Crippen molar-refractivity contribution in [1.82, 2.24) is 15.8 Å². The van der Waals surface area contributed by atoms with Crippen molar-refractivity contribution in [1.29, 1.82) is 0 Å². The Kier molecular flexibility index (Phi) is 5.14. The fourth-order valence-electron chi connectivity index (χ4n) is 3.18. The average Bonchev–Trinajstić information content (AvgIpc) is 2.91. The minimum atomic E-state index is -1.10. The number of hydrazine groups is 1. The second kappa shape index (κ2) is 7.36. The third-order valence-electron chi connectivity index (χ3n) is 4.95.